The lowest BCUT2D eigenvalue weighted by molar-refractivity contribution is -0.130. The van der Waals surface area contributed by atoms with Gasteiger partial charge in [0, 0.05) is 23.0 Å². The summed E-state index contributed by atoms with van der Waals surface area (Å²) >= 11 is 1.05. The van der Waals surface area contributed by atoms with Gasteiger partial charge in [-0.3, -0.25) is 20.4 Å². The van der Waals surface area contributed by atoms with E-state index in [1.165, 1.54) is 6.26 Å². The lowest BCUT2D eigenvalue weighted by Crippen LogP contribution is -2.57. The maximum absolute atomic E-state index is 13.4. The predicted octanol–water partition coefficient (Wildman–Crippen LogP) is 0.766. The zero-order chi connectivity index (χ0) is 29.8. The number of benzene rings is 2. The number of amides is 2. The molecule has 0 heterocycles. The van der Waals surface area contributed by atoms with Crippen LogP contribution in [-0.4, -0.2) is 65.0 Å². The van der Waals surface area contributed by atoms with Crippen LogP contribution < -0.4 is 32.7 Å². The van der Waals surface area contributed by atoms with Gasteiger partial charge < -0.3 is 37.3 Å². The number of nitrogens with two attached hydrogens (primary N) is 2. The molecule has 0 bridgehead atoms. The van der Waals surface area contributed by atoms with Crippen LogP contribution in [0.25, 0.3) is 0 Å². The van der Waals surface area contributed by atoms with Gasteiger partial charge in [-0.15, -0.1) is 0 Å². The molecule has 1 unspecified atom stereocenters. The summed E-state index contributed by atoms with van der Waals surface area (Å²) in [6.07, 6.45) is 2.45. The van der Waals surface area contributed by atoms with Crippen molar-refractivity contribution >= 4 is 57.5 Å². The van der Waals surface area contributed by atoms with E-state index in [4.69, 9.17) is 22.3 Å². The molecular weight excluding hydrogens is 643 g/mol. The SMILES string of the molecule is Cc1cc(I)cc(C)c1C[C@H](NC(=N)N)C(=O)N[C@H](CC[S+](C)[O-])C(=O)NC[C@H](Cc1ccccc1)NC(=N)N. The second kappa shape index (κ2) is 16.3. The normalized spacial score (nSPS) is 13.8. The molecule has 0 aromatic heterocycles. The molecule has 4 atom stereocenters. The third-order valence-corrected chi connectivity index (χ3v) is 7.68. The fraction of sp³-hybridized carbons (Fsp3) is 0.407. The van der Waals surface area contributed by atoms with Crippen molar-refractivity contribution in [2.24, 2.45) is 11.5 Å². The highest BCUT2D eigenvalue weighted by Gasteiger charge is 2.28. The van der Waals surface area contributed by atoms with Crippen LogP contribution in [0.3, 0.4) is 0 Å². The third-order valence-electron chi connectivity index (χ3n) is 6.25. The molecule has 0 radical (unpaired) electrons. The molecule has 10 N–H and O–H groups in total. The number of carbonyl (C=O) groups is 2. The van der Waals surface area contributed by atoms with Gasteiger partial charge in [-0.2, -0.15) is 0 Å². The van der Waals surface area contributed by atoms with Crippen LogP contribution in [0.5, 0.6) is 0 Å². The molecule has 0 aliphatic carbocycles. The van der Waals surface area contributed by atoms with E-state index in [2.05, 4.69) is 43.9 Å². The molecule has 0 aliphatic heterocycles. The van der Waals surface area contributed by atoms with Gasteiger partial charge in [-0.25, -0.2) is 0 Å². The summed E-state index contributed by atoms with van der Waals surface area (Å²) in [6, 6.07) is 11.4. The zero-order valence-electron chi connectivity index (χ0n) is 23.0. The summed E-state index contributed by atoms with van der Waals surface area (Å²) in [5, 5.41) is 26.5. The monoisotopic (exact) mass is 682 g/mol. The van der Waals surface area contributed by atoms with Crippen LogP contribution in [0.2, 0.25) is 0 Å². The number of hydrogen-bond donors (Lipinski definition) is 8. The number of carbonyl (C=O) groups excluding carboxylic acids is 2. The molecule has 0 saturated carbocycles. The summed E-state index contributed by atoms with van der Waals surface area (Å²) in [6.45, 7) is 4.06. The topological polar surface area (TPSA) is 205 Å². The lowest BCUT2D eigenvalue weighted by Gasteiger charge is -2.25. The van der Waals surface area contributed by atoms with E-state index in [0.717, 1.165) is 25.8 Å². The zero-order valence-corrected chi connectivity index (χ0v) is 25.9. The molecule has 2 rings (SSSR count). The summed E-state index contributed by atoms with van der Waals surface area (Å²) < 4.78 is 12.9. The second-order valence-electron chi connectivity index (χ2n) is 9.65. The Morgan fingerprint density at radius 1 is 0.950 bits per heavy atom. The van der Waals surface area contributed by atoms with Gasteiger partial charge in [0.1, 0.15) is 17.8 Å². The van der Waals surface area contributed by atoms with Gasteiger partial charge in [0.2, 0.25) is 11.8 Å². The molecule has 11 nitrogen and oxygen atoms in total. The molecule has 0 saturated heterocycles. The first kappa shape index (κ1) is 33.2. The predicted molar refractivity (Wildman–Crippen MR) is 169 cm³/mol. The standard InChI is InChI=1S/C27H39IN8O3S/c1-16-11-19(28)12-17(2)21(16)14-23(36-27(31)32)25(38)35-22(9-10-40(3)39)24(37)33-15-20(34-26(29)30)13-18-7-5-4-6-8-18/h4-8,11-12,20,22-23H,9-10,13-15H2,1-3H3,(H,33,37)(H,35,38)(H4,29,30,34)(H4,31,32,36)/t20-,22+,23-,40?/m0/s1. The Morgan fingerprint density at radius 3 is 2.10 bits per heavy atom. The number of hydrogen-bond acceptors (Lipinski definition) is 5. The van der Waals surface area contributed by atoms with Crippen molar-refractivity contribution in [1.29, 1.82) is 10.8 Å². The molecule has 218 valence electrons. The van der Waals surface area contributed by atoms with Crippen molar-refractivity contribution in [1.82, 2.24) is 21.3 Å². The van der Waals surface area contributed by atoms with Gasteiger partial charge >= 0.3 is 0 Å². The van der Waals surface area contributed by atoms with Gasteiger partial charge in [0.15, 0.2) is 11.9 Å². The first-order valence-corrected chi connectivity index (χ1v) is 15.5. The van der Waals surface area contributed by atoms with E-state index in [1.54, 1.807) is 0 Å². The van der Waals surface area contributed by atoms with Gasteiger partial charge in [0.25, 0.3) is 0 Å². The van der Waals surface area contributed by atoms with Crippen LogP contribution in [0.4, 0.5) is 0 Å². The van der Waals surface area contributed by atoms with E-state index >= 15 is 0 Å². The van der Waals surface area contributed by atoms with Crippen molar-refractivity contribution in [2.45, 2.75) is 51.2 Å². The van der Waals surface area contributed by atoms with E-state index in [1.807, 2.05) is 56.3 Å². The summed E-state index contributed by atoms with van der Waals surface area (Å²) in [5.41, 5.74) is 15.1. The first-order valence-electron chi connectivity index (χ1n) is 12.7. The van der Waals surface area contributed by atoms with Crippen LogP contribution >= 0.6 is 22.6 Å². The molecule has 2 amide bonds. The van der Waals surface area contributed by atoms with Crippen LogP contribution in [-0.2, 0) is 33.6 Å². The first-order chi connectivity index (χ1) is 18.8. The van der Waals surface area contributed by atoms with E-state index in [0.29, 0.717) is 6.42 Å². The third kappa shape index (κ3) is 11.6. The Morgan fingerprint density at radius 2 is 1.55 bits per heavy atom. The maximum Gasteiger partial charge on any atom is 0.243 e. The molecule has 0 aliphatic rings. The minimum absolute atomic E-state index is 0.144. The van der Waals surface area contributed by atoms with Crippen LogP contribution in [0.1, 0.15) is 28.7 Å². The highest BCUT2D eigenvalue weighted by atomic mass is 127. The molecule has 13 heteroatoms. The van der Waals surface area contributed by atoms with Gasteiger partial charge in [-0.05, 0) is 77.2 Å². The summed E-state index contributed by atoms with van der Waals surface area (Å²) in [7, 11) is 0. The largest absolute Gasteiger partial charge is 0.617 e. The van der Waals surface area contributed by atoms with Crippen molar-refractivity contribution in [3.63, 3.8) is 0 Å². The average Bonchev–Trinajstić information content (AvgIpc) is 2.86. The Kier molecular flexibility index (Phi) is 13.5. The second-order valence-corrected chi connectivity index (χ2v) is 12.5. The Hall–Kier alpha value is -3.04. The maximum atomic E-state index is 13.4. The Bertz CT molecular complexity index is 1160. The van der Waals surface area contributed by atoms with E-state index < -0.39 is 35.1 Å². The summed E-state index contributed by atoms with van der Waals surface area (Å²) in [4.78, 5) is 26.7. The number of aryl methyl sites for hydroxylation is 2. The summed E-state index contributed by atoms with van der Waals surface area (Å²) in [5.74, 6) is -1.34. The fourth-order valence-corrected chi connectivity index (χ4v) is 5.83. The van der Waals surface area contributed by atoms with E-state index in [-0.39, 0.29) is 43.1 Å². The average molecular weight is 683 g/mol. The molecular formula is C27H39IN8O3S. The van der Waals surface area contributed by atoms with Crippen LogP contribution in [0.15, 0.2) is 42.5 Å². The van der Waals surface area contributed by atoms with Gasteiger partial charge in [0.05, 0.1) is 12.3 Å². The molecule has 40 heavy (non-hydrogen) atoms. The molecule has 0 fully saturated rings. The molecule has 2 aromatic rings. The smallest absolute Gasteiger partial charge is 0.243 e. The minimum atomic E-state index is -1.18. The Balaban J connectivity index is 2.18. The Labute approximate surface area is 252 Å². The van der Waals surface area contributed by atoms with E-state index in [9.17, 15) is 14.1 Å². The van der Waals surface area contributed by atoms with Crippen molar-refractivity contribution in [3.8, 4) is 0 Å². The number of nitrogens with one attached hydrogen (secondary N) is 6. The van der Waals surface area contributed by atoms with Crippen molar-refractivity contribution in [2.75, 3.05) is 18.6 Å². The number of rotatable bonds is 14. The number of guanidine groups is 2. The molecule has 0 spiro atoms. The van der Waals surface area contributed by atoms with Crippen LogP contribution in [0, 0.1) is 28.2 Å². The van der Waals surface area contributed by atoms with Gasteiger partial charge in [-0.1, -0.05) is 41.5 Å². The van der Waals surface area contributed by atoms with Crippen molar-refractivity contribution in [3.05, 3.63) is 68.3 Å². The fourth-order valence-electron chi connectivity index (χ4n) is 4.33. The lowest BCUT2D eigenvalue weighted by atomic mass is 9.96. The highest BCUT2D eigenvalue weighted by molar-refractivity contribution is 14.1. The van der Waals surface area contributed by atoms with Crippen molar-refractivity contribution < 1.29 is 14.1 Å². The minimum Gasteiger partial charge on any atom is -0.617 e. The molecule has 2 aromatic carbocycles. The highest BCUT2D eigenvalue weighted by Crippen LogP contribution is 2.20. The quantitative estimate of drug-likeness (QED) is 0.0622. The number of halogens is 1.